The molecular formula is C14H19FN2S. The topological polar surface area (TPSA) is 29.3 Å². The summed E-state index contributed by atoms with van der Waals surface area (Å²) in [5.41, 5.74) is 6.96. The highest BCUT2D eigenvalue weighted by molar-refractivity contribution is 7.80. The van der Waals surface area contributed by atoms with Crippen LogP contribution in [0.1, 0.15) is 37.3 Å². The number of nitrogens with zero attached hydrogens (tertiary/aromatic N) is 1. The Morgan fingerprint density at radius 1 is 1.50 bits per heavy atom. The van der Waals surface area contributed by atoms with Gasteiger partial charge in [0.15, 0.2) is 0 Å². The maximum atomic E-state index is 13.5. The summed E-state index contributed by atoms with van der Waals surface area (Å²) in [4.78, 5) is 2.58. The number of halogens is 1. The fourth-order valence-electron chi connectivity index (χ4n) is 2.21. The third-order valence-electron chi connectivity index (χ3n) is 3.26. The summed E-state index contributed by atoms with van der Waals surface area (Å²) in [6, 6.07) is 5.77. The normalized spacial score (nSPS) is 15.1. The lowest BCUT2D eigenvalue weighted by atomic mass is 10.1. The predicted octanol–water partition coefficient (Wildman–Crippen LogP) is 2.83. The molecular weight excluding hydrogens is 247 g/mol. The van der Waals surface area contributed by atoms with Crippen molar-refractivity contribution in [2.24, 2.45) is 5.73 Å². The van der Waals surface area contributed by atoms with Gasteiger partial charge in [0.25, 0.3) is 0 Å². The summed E-state index contributed by atoms with van der Waals surface area (Å²) in [6.07, 6.45) is 3.70. The average Bonchev–Trinajstić information content (AvgIpc) is 3.14. The van der Waals surface area contributed by atoms with Crippen LogP contribution < -0.4 is 5.73 Å². The predicted molar refractivity (Wildman–Crippen MR) is 76.0 cm³/mol. The zero-order valence-electron chi connectivity index (χ0n) is 10.7. The van der Waals surface area contributed by atoms with E-state index in [9.17, 15) is 4.39 Å². The summed E-state index contributed by atoms with van der Waals surface area (Å²) < 4.78 is 13.5. The van der Waals surface area contributed by atoms with Crippen LogP contribution in [0.25, 0.3) is 0 Å². The Morgan fingerprint density at radius 2 is 2.22 bits per heavy atom. The molecule has 0 bridgehead atoms. The Labute approximate surface area is 113 Å². The number of thiocarbonyl (C=S) groups is 1. The van der Waals surface area contributed by atoms with Crippen molar-refractivity contribution < 1.29 is 4.39 Å². The lowest BCUT2D eigenvalue weighted by molar-refractivity contribution is 0.255. The first-order valence-corrected chi connectivity index (χ1v) is 6.85. The van der Waals surface area contributed by atoms with Crippen LogP contribution in [0.3, 0.4) is 0 Å². The van der Waals surface area contributed by atoms with Crippen molar-refractivity contribution >= 4 is 17.2 Å². The fraction of sp³-hybridized carbons (Fsp3) is 0.500. The first-order chi connectivity index (χ1) is 8.61. The molecule has 2 nitrogen and oxygen atoms in total. The van der Waals surface area contributed by atoms with E-state index in [2.05, 4.69) is 11.8 Å². The van der Waals surface area contributed by atoms with Gasteiger partial charge in [-0.05, 0) is 43.5 Å². The quantitative estimate of drug-likeness (QED) is 0.803. The Morgan fingerprint density at radius 3 is 2.78 bits per heavy atom. The molecule has 2 N–H and O–H groups in total. The molecule has 0 amide bonds. The molecule has 1 saturated carbocycles. The fourth-order valence-corrected chi connectivity index (χ4v) is 2.37. The van der Waals surface area contributed by atoms with Crippen molar-refractivity contribution in [2.45, 2.75) is 38.8 Å². The van der Waals surface area contributed by atoms with Crippen molar-refractivity contribution in [3.63, 3.8) is 0 Å². The number of hydrogen-bond acceptors (Lipinski definition) is 2. The summed E-state index contributed by atoms with van der Waals surface area (Å²) in [5, 5.41) is 0. The van der Waals surface area contributed by atoms with Crippen LogP contribution in [-0.4, -0.2) is 22.5 Å². The summed E-state index contributed by atoms with van der Waals surface area (Å²) in [6.45, 7) is 4.12. The van der Waals surface area contributed by atoms with E-state index in [1.54, 1.807) is 6.07 Å². The second-order valence-corrected chi connectivity index (χ2v) is 5.32. The van der Waals surface area contributed by atoms with E-state index in [0.29, 0.717) is 11.6 Å². The first kappa shape index (κ1) is 13.4. The van der Waals surface area contributed by atoms with E-state index in [0.717, 1.165) is 25.1 Å². The maximum Gasteiger partial charge on any atom is 0.133 e. The highest BCUT2D eigenvalue weighted by Crippen LogP contribution is 2.28. The van der Waals surface area contributed by atoms with E-state index in [4.69, 9.17) is 18.0 Å². The second kappa shape index (κ2) is 5.76. The van der Waals surface area contributed by atoms with E-state index >= 15 is 0 Å². The zero-order valence-corrected chi connectivity index (χ0v) is 11.5. The molecule has 1 aromatic rings. The van der Waals surface area contributed by atoms with Gasteiger partial charge < -0.3 is 5.73 Å². The van der Waals surface area contributed by atoms with Gasteiger partial charge in [-0.25, -0.2) is 4.39 Å². The van der Waals surface area contributed by atoms with Crippen molar-refractivity contribution in [2.75, 3.05) is 6.54 Å². The Kier molecular flexibility index (Phi) is 4.30. The van der Waals surface area contributed by atoms with Gasteiger partial charge in [-0.2, -0.15) is 0 Å². The van der Waals surface area contributed by atoms with Crippen molar-refractivity contribution in [1.29, 1.82) is 0 Å². The van der Waals surface area contributed by atoms with Gasteiger partial charge in [-0.1, -0.05) is 25.2 Å². The highest BCUT2D eigenvalue weighted by Gasteiger charge is 2.28. The summed E-state index contributed by atoms with van der Waals surface area (Å²) in [7, 11) is 0. The minimum absolute atomic E-state index is 0.128. The van der Waals surface area contributed by atoms with Crippen LogP contribution in [0.2, 0.25) is 0 Å². The number of rotatable bonds is 6. The van der Waals surface area contributed by atoms with Gasteiger partial charge in [0, 0.05) is 18.2 Å². The molecule has 4 heteroatoms. The molecule has 98 valence electrons. The molecule has 1 aliphatic carbocycles. The average molecular weight is 266 g/mol. The van der Waals surface area contributed by atoms with Gasteiger partial charge in [0.2, 0.25) is 0 Å². The molecule has 0 heterocycles. The maximum absolute atomic E-state index is 13.5. The number of benzene rings is 1. The Hall–Kier alpha value is -1.00. The zero-order chi connectivity index (χ0) is 13.1. The first-order valence-electron chi connectivity index (χ1n) is 6.44. The molecule has 1 fully saturated rings. The third-order valence-corrected chi connectivity index (χ3v) is 3.48. The Bertz CT molecular complexity index is 443. The van der Waals surface area contributed by atoms with Gasteiger partial charge >= 0.3 is 0 Å². The largest absolute Gasteiger partial charge is 0.389 e. The van der Waals surface area contributed by atoms with Crippen LogP contribution in [0.15, 0.2) is 18.2 Å². The SMILES string of the molecule is CCCN(Cc1ccc(F)c(C(N)=S)c1)C1CC1. The summed E-state index contributed by atoms with van der Waals surface area (Å²) in [5.74, 6) is -0.334. The van der Waals surface area contributed by atoms with Crippen LogP contribution in [0.5, 0.6) is 0 Å². The molecule has 1 aliphatic rings. The van der Waals surface area contributed by atoms with E-state index in [1.165, 1.54) is 18.9 Å². The molecule has 18 heavy (non-hydrogen) atoms. The molecule has 0 spiro atoms. The van der Waals surface area contributed by atoms with Crippen LogP contribution >= 0.6 is 12.2 Å². The molecule has 0 atom stereocenters. The lowest BCUT2D eigenvalue weighted by Gasteiger charge is -2.21. The van der Waals surface area contributed by atoms with Crippen LogP contribution in [0.4, 0.5) is 4.39 Å². The molecule has 0 saturated heterocycles. The van der Waals surface area contributed by atoms with Crippen LogP contribution in [0, 0.1) is 5.82 Å². The smallest absolute Gasteiger partial charge is 0.133 e. The monoisotopic (exact) mass is 266 g/mol. The Balaban J connectivity index is 2.12. The van der Waals surface area contributed by atoms with Gasteiger partial charge in [-0.15, -0.1) is 0 Å². The van der Waals surface area contributed by atoms with Crippen molar-refractivity contribution in [3.05, 3.63) is 35.1 Å². The van der Waals surface area contributed by atoms with Gasteiger partial charge in [0.05, 0.1) is 0 Å². The van der Waals surface area contributed by atoms with E-state index in [1.807, 2.05) is 6.07 Å². The minimum atomic E-state index is -0.334. The summed E-state index contributed by atoms with van der Waals surface area (Å²) >= 11 is 4.86. The number of hydrogen-bond donors (Lipinski definition) is 1. The van der Waals surface area contributed by atoms with Crippen molar-refractivity contribution in [1.82, 2.24) is 4.90 Å². The molecule has 2 rings (SSSR count). The van der Waals surface area contributed by atoms with Crippen LogP contribution in [-0.2, 0) is 6.54 Å². The molecule has 0 unspecified atom stereocenters. The second-order valence-electron chi connectivity index (χ2n) is 4.88. The molecule has 1 aromatic carbocycles. The third kappa shape index (κ3) is 3.27. The molecule has 0 radical (unpaired) electrons. The molecule has 0 aromatic heterocycles. The van der Waals surface area contributed by atoms with E-state index < -0.39 is 0 Å². The van der Waals surface area contributed by atoms with Crippen molar-refractivity contribution in [3.8, 4) is 0 Å². The van der Waals surface area contributed by atoms with Gasteiger partial charge in [-0.3, -0.25) is 4.90 Å². The van der Waals surface area contributed by atoms with Gasteiger partial charge in [0.1, 0.15) is 10.8 Å². The highest BCUT2D eigenvalue weighted by atomic mass is 32.1. The van der Waals surface area contributed by atoms with E-state index in [-0.39, 0.29) is 10.8 Å². The standard InChI is InChI=1S/C14H19FN2S/c1-2-7-17(11-4-5-11)9-10-3-6-13(15)12(8-10)14(16)18/h3,6,8,11H,2,4-5,7,9H2,1H3,(H2,16,18). The molecule has 0 aliphatic heterocycles. The number of nitrogens with two attached hydrogens (primary N) is 1. The minimum Gasteiger partial charge on any atom is -0.389 e. The lowest BCUT2D eigenvalue weighted by Crippen LogP contribution is -2.26.